The van der Waals surface area contributed by atoms with E-state index in [0.717, 1.165) is 68.2 Å². The zero-order chi connectivity index (χ0) is 28.5. The van der Waals surface area contributed by atoms with E-state index in [-0.39, 0.29) is 11.3 Å². The first-order valence-electron chi connectivity index (χ1n) is 14.4. The van der Waals surface area contributed by atoms with Crippen LogP contribution in [0.15, 0.2) is 79.3 Å². The minimum Gasteiger partial charge on any atom is -0.485 e. The lowest BCUT2D eigenvalue weighted by Gasteiger charge is -2.26. The maximum Gasteiger partial charge on any atom is 0.228 e. The zero-order valence-electron chi connectivity index (χ0n) is 23.3. The number of hydrogen-bond acceptors (Lipinski definition) is 7. The summed E-state index contributed by atoms with van der Waals surface area (Å²) < 4.78 is 26.4. The van der Waals surface area contributed by atoms with Crippen molar-refractivity contribution in [3.05, 3.63) is 102 Å². The summed E-state index contributed by atoms with van der Waals surface area (Å²) in [6.45, 7) is 4.93. The van der Waals surface area contributed by atoms with Gasteiger partial charge in [0.15, 0.2) is 23.1 Å². The number of ether oxygens (including phenoxy) is 2. The van der Waals surface area contributed by atoms with Gasteiger partial charge in [0.2, 0.25) is 5.91 Å². The second-order valence-corrected chi connectivity index (χ2v) is 11.5. The molecule has 1 amide bonds. The molecule has 2 fully saturated rings. The second-order valence-electron chi connectivity index (χ2n) is 11.5. The van der Waals surface area contributed by atoms with E-state index in [4.69, 9.17) is 9.47 Å². The highest BCUT2D eigenvalue weighted by molar-refractivity contribution is 5.99. The lowest BCUT2D eigenvalue weighted by Crippen LogP contribution is -2.31. The number of anilines is 2. The summed E-state index contributed by atoms with van der Waals surface area (Å²) >= 11 is 0. The van der Waals surface area contributed by atoms with Crippen molar-refractivity contribution in [1.29, 1.82) is 0 Å². The van der Waals surface area contributed by atoms with Gasteiger partial charge in [-0.05, 0) is 54.3 Å². The van der Waals surface area contributed by atoms with E-state index in [0.29, 0.717) is 30.3 Å². The van der Waals surface area contributed by atoms with Gasteiger partial charge in [0, 0.05) is 43.3 Å². The summed E-state index contributed by atoms with van der Waals surface area (Å²) in [6, 6.07) is 20.4. The molecule has 1 aromatic heterocycles. The number of nitrogens with zero attached hydrogens (tertiary/aromatic N) is 4. The molecule has 7 rings (SSSR count). The first-order chi connectivity index (χ1) is 20.5. The molecule has 1 spiro atoms. The molecule has 0 saturated carbocycles. The van der Waals surface area contributed by atoms with Crippen LogP contribution < -0.4 is 19.7 Å². The van der Waals surface area contributed by atoms with Crippen molar-refractivity contribution in [1.82, 2.24) is 14.9 Å². The van der Waals surface area contributed by atoms with Crippen molar-refractivity contribution in [2.75, 3.05) is 36.4 Å². The molecule has 42 heavy (non-hydrogen) atoms. The fourth-order valence-electron chi connectivity index (χ4n) is 6.38. The van der Waals surface area contributed by atoms with Crippen molar-refractivity contribution in [3.8, 4) is 17.2 Å². The first-order valence-corrected chi connectivity index (χ1v) is 14.4. The first kappa shape index (κ1) is 26.4. The Morgan fingerprint density at radius 1 is 0.929 bits per heavy atom. The number of likely N-dealkylation sites (tertiary alicyclic amines) is 1. The molecule has 8 nitrogen and oxygen atoms in total. The van der Waals surface area contributed by atoms with E-state index in [1.807, 2.05) is 30.3 Å². The van der Waals surface area contributed by atoms with E-state index >= 15 is 0 Å². The maximum absolute atomic E-state index is 14.2. The number of carbonyl (C=O) groups is 1. The van der Waals surface area contributed by atoms with Gasteiger partial charge in [-0.15, -0.1) is 0 Å². The topological polar surface area (TPSA) is 79.8 Å². The number of aromatic nitrogens is 2. The Bertz CT molecular complexity index is 1620. The lowest BCUT2D eigenvalue weighted by molar-refractivity contribution is -0.115. The Hall–Kier alpha value is -4.50. The molecule has 214 valence electrons. The van der Waals surface area contributed by atoms with Crippen molar-refractivity contribution >= 4 is 17.4 Å². The van der Waals surface area contributed by atoms with Crippen LogP contribution in [0.3, 0.4) is 0 Å². The Morgan fingerprint density at radius 3 is 2.71 bits per heavy atom. The van der Waals surface area contributed by atoms with Crippen LogP contribution in [0.5, 0.6) is 17.2 Å². The summed E-state index contributed by atoms with van der Waals surface area (Å²) in [5.74, 6) is 1.65. The molecule has 3 aliphatic heterocycles. The third-order valence-corrected chi connectivity index (χ3v) is 8.48. The van der Waals surface area contributed by atoms with Crippen LogP contribution in [0, 0.1) is 11.2 Å². The minimum atomic E-state index is -0.396. The highest BCUT2D eigenvalue weighted by Crippen LogP contribution is 2.44. The number of fused-ring (bicyclic) bond motifs is 1. The largest absolute Gasteiger partial charge is 0.485 e. The molecule has 1 N–H and O–H groups in total. The summed E-state index contributed by atoms with van der Waals surface area (Å²) in [5.41, 5.74) is 4.40. The van der Waals surface area contributed by atoms with Gasteiger partial charge < -0.3 is 19.7 Å². The SMILES string of the molecule is O=C1Cc2ccc(CN3CCC4(CCN(c5ncncc5Oc5ccc(F)cc5OCc5ccccc5)C4)C3)cc2N1. The third kappa shape index (κ3) is 5.52. The molecule has 0 radical (unpaired) electrons. The smallest absolute Gasteiger partial charge is 0.228 e. The highest BCUT2D eigenvalue weighted by Gasteiger charge is 2.44. The normalized spacial score (nSPS) is 19.7. The predicted octanol–water partition coefficient (Wildman–Crippen LogP) is 5.58. The van der Waals surface area contributed by atoms with Gasteiger partial charge in [-0.1, -0.05) is 42.5 Å². The second kappa shape index (κ2) is 11.1. The molecule has 3 aromatic carbocycles. The molecule has 0 aliphatic carbocycles. The van der Waals surface area contributed by atoms with Crippen LogP contribution in [0.2, 0.25) is 0 Å². The Kier molecular flexibility index (Phi) is 6.95. The molecular formula is C33H32FN5O3. The number of carbonyl (C=O) groups excluding carboxylic acids is 1. The predicted molar refractivity (Wildman–Crippen MR) is 157 cm³/mol. The van der Waals surface area contributed by atoms with Crippen LogP contribution >= 0.6 is 0 Å². The number of hydrogen-bond donors (Lipinski definition) is 1. The summed E-state index contributed by atoms with van der Waals surface area (Å²) in [6.07, 6.45) is 5.84. The van der Waals surface area contributed by atoms with Gasteiger partial charge in [-0.3, -0.25) is 9.69 Å². The van der Waals surface area contributed by atoms with Crippen LogP contribution in [0.4, 0.5) is 15.9 Å². The average Bonchev–Trinajstić information content (AvgIpc) is 3.71. The highest BCUT2D eigenvalue weighted by atomic mass is 19.1. The molecule has 4 aromatic rings. The molecule has 4 heterocycles. The third-order valence-electron chi connectivity index (χ3n) is 8.48. The van der Waals surface area contributed by atoms with E-state index in [1.165, 1.54) is 24.0 Å². The number of halogens is 1. The Balaban J connectivity index is 1.03. The number of amides is 1. The zero-order valence-corrected chi connectivity index (χ0v) is 23.3. The fraction of sp³-hybridized carbons (Fsp3) is 0.303. The summed E-state index contributed by atoms with van der Waals surface area (Å²) in [7, 11) is 0. The van der Waals surface area contributed by atoms with Crippen LogP contribution in [0.25, 0.3) is 0 Å². The van der Waals surface area contributed by atoms with E-state index in [2.05, 4.69) is 43.3 Å². The van der Waals surface area contributed by atoms with Crippen molar-refractivity contribution in [2.24, 2.45) is 5.41 Å². The molecule has 9 heteroatoms. The van der Waals surface area contributed by atoms with Gasteiger partial charge in [-0.25, -0.2) is 14.4 Å². The molecule has 3 aliphatic rings. The molecule has 2 saturated heterocycles. The van der Waals surface area contributed by atoms with E-state index in [9.17, 15) is 9.18 Å². The summed E-state index contributed by atoms with van der Waals surface area (Å²) in [4.78, 5) is 25.4. The molecule has 1 unspecified atom stereocenters. The Morgan fingerprint density at radius 2 is 1.81 bits per heavy atom. The van der Waals surface area contributed by atoms with E-state index in [1.54, 1.807) is 12.3 Å². The molecular weight excluding hydrogens is 533 g/mol. The van der Waals surface area contributed by atoms with Crippen LogP contribution in [-0.2, 0) is 24.4 Å². The van der Waals surface area contributed by atoms with Crippen LogP contribution in [0.1, 0.15) is 29.5 Å². The quantitative estimate of drug-likeness (QED) is 0.299. The number of nitrogens with one attached hydrogen (secondary N) is 1. The van der Waals surface area contributed by atoms with Gasteiger partial charge in [0.25, 0.3) is 0 Å². The maximum atomic E-state index is 14.2. The van der Waals surface area contributed by atoms with Crippen molar-refractivity contribution in [3.63, 3.8) is 0 Å². The fourth-order valence-corrected chi connectivity index (χ4v) is 6.38. The number of benzene rings is 3. The van der Waals surface area contributed by atoms with Crippen molar-refractivity contribution < 1.29 is 18.7 Å². The number of rotatable bonds is 8. The van der Waals surface area contributed by atoms with Gasteiger partial charge >= 0.3 is 0 Å². The standard InChI is InChI=1S/C33H32FN5O3/c34-26-8-9-28(29(16-26)41-19-23-4-2-1-3-5-23)42-30-17-35-22-36-32(30)39-13-11-33(21-39)10-12-38(20-33)18-24-6-7-25-15-31(40)37-27(25)14-24/h1-9,14,16-17,22H,10-13,15,18-21H2,(H,37,40). The van der Waals surface area contributed by atoms with E-state index < -0.39 is 5.82 Å². The molecule has 0 bridgehead atoms. The minimum absolute atomic E-state index is 0.0664. The van der Waals surface area contributed by atoms with Gasteiger partial charge in [0.05, 0.1) is 12.6 Å². The van der Waals surface area contributed by atoms with Gasteiger partial charge in [0.1, 0.15) is 18.8 Å². The van der Waals surface area contributed by atoms with Crippen molar-refractivity contribution in [2.45, 2.75) is 32.4 Å². The average molecular weight is 566 g/mol. The Labute approximate surface area is 244 Å². The van der Waals surface area contributed by atoms with Crippen LogP contribution in [-0.4, -0.2) is 47.0 Å². The summed E-state index contributed by atoms with van der Waals surface area (Å²) in [5, 5.41) is 2.96. The van der Waals surface area contributed by atoms with Gasteiger partial charge in [-0.2, -0.15) is 0 Å². The molecule has 1 atom stereocenters. The monoisotopic (exact) mass is 565 g/mol. The lowest BCUT2D eigenvalue weighted by atomic mass is 9.86.